The van der Waals surface area contributed by atoms with Crippen LogP contribution in [-0.2, 0) is 9.47 Å². The van der Waals surface area contributed by atoms with Crippen LogP contribution in [0.3, 0.4) is 0 Å². The normalized spacial score (nSPS) is 36.8. The minimum Gasteiger partial charge on any atom is -0.382 e. The van der Waals surface area contributed by atoms with Crippen LogP contribution >= 0.6 is 0 Å². The van der Waals surface area contributed by atoms with E-state index in [9.17, 15) is 0 Å². The Morgan fingerprint density at radius 2 is 2.38 bits per heavy atom. The summed E-state index contributed by atoms with van der Waals surface area (Å²) in [6.07, 6.45) is 1.14. The Balaban J connectivity index is 2.20. The molecule has 2 nitrogen and oxygen atoms in total. The van der Waals surface area contributed by atoms with E-state index >= 15 is 0 Å². The van der Waals surface area contributed by atoms with Crippen LogP contribution in [-0.4, -0.2) is 25.9 Å². The van der Waals surface area contributed by atoms with Gasteiger partial charge in [0.2, 0.25) is 0 Å². The molecule has 0 saturated carbocycles. The van der Waals surface area contributed by atoms with Crippen LogP contribution in [0, 0.1) is 0 Å². The maximum Gasteiger partial charge on any atom is 0.0908 e. The van der Waals surface area contributed by atoms with Gasteiger partial charge in [0.15, 0.2) is 0 Å². The van der Waals surface area contributed by atoms with E-state index in [1.54, 1.807) is 7.11 Å². The molecule has 1 fully saturated rings. The topological polar surface area (TPSA) is 18.5 Å². The molecule has 1 rings (SSSR count). The second-order valence-electron chi connectivity index (χ2n) is 2.48. The summed E-state index contributed by atoms with van der Waals surface area (Å²) in [5, 5.41) is 0. The molecular formula is C6H12O2. The molecule has 0 amide bonds. The Kier molecular flexibility index (Phi) is 1.54. The molecule has 1 aliphatic rings. The maximum atomic E-state index is 5.23. The fourth-order valence-electron chi connectivity index (χ4n) is 0.870. The molecule has 2 heteroatoms. The Bertz CT molecular complexity index is 76.6. The van der Waals surface area contributed by atoms with E-state index in [1.807, 2.05) is 0 Å². The smallest absolute Gasteiger partial charge is 0.0908 e. The lowest BCUT2D eigenvalue weighted by molar-refractivity contribution is -0.163. The Hall–Kier alpha value is -0.0800. The molecule has 1 heterocycles. The van der Waals surface area contributed by atoms with Crippen molar-refractivity contribution in [2.24, 2.45) is 0 Å². The van der Waals surface area contributed by atoms with E-state index < -0.39 is 0 Å². The molecule has 48 valence electrons. The van der Waals surface area contributed by atoms with Crippen LogP contribution in [0.5, 0.6) is 0 Å². The number of hydrogen-bond donors (Lipinski definition) is 0. The first-order valence-electron chi connectivity index (χ1n) is 2.90. The zero-order chi connectivity index (χ0) is 6.04. The lowest BCUT2D eigenvalue weighted by atomic mass is 9.99. The van der Waals surface area contributed by atoms with Gasteiger partial charge in [-0.25, -0.2) is 0 Å². The van der Waals surface area contributed by atoms with E-state index in [0.717, 1.165) is 19.6 Å². The first kappa shape index (κ1) is 6.05. The highest BCUT2D eigenvalue weighted by atomic mass is 16.6. The Labute approximate surface area is 49.8 Å². The fraction of sp³-hybridized carbons (Fsp3) is 1.00. The third kappa shape index (κ3) is 1.01. The van der Waals surface area contributed by atoms with Crippen molar-refractivity contribution in [2.75, 3.05) is 20.3 Å². The monoisotopic (exact) mass is 116 g/mol. The van der Waals surface area contributed by atoms with Crippen molar-refractivity contribution in [3.8, 4) is 0 Å². The third-order valence-electron chi connectivity index (χ3n) is 1.53. The van der Waals surface area contributed by atoms with E-state index in [2.05, 4.69) is 6.92 Å². The summed E-state index contributed by atoms with van der Waals surface area (Å²) in [5.74, 6) is 0. The average Bonchev–Trinajstić information content (AvgIpc) is 1.64. The van der Waals surface area contributed by atoms with Gasteiger partial charge in [0.1, 0.15) is 0 Å². The zero-order valence-corrected chi connectivity index (χ0v) is 5.44. The number of ether oxygens (including phenoxy) is 2. The van der Waals surface area contributed by atoms with Crippen molar-refractivity contribution in [1.82, 2.24) is 0 Å². The number of methoxy groups -OCH3 is 1. The standard InChI is InChI=1S/C6H12O2/c1-6(5-7-2)3-4-8-6/h3-5H2,1-2H3. The molecule has 0 aromatic rings. The molecule has 0 aromatic carbocycles. The van der Waals surface area contributed by atoms with Crippen LogP contribution in [0.2, 0.25) is 0 Å². The van der Waals surface area contributed by atoms with E-state index in [4.69, 9.17) is 9.47 Å². The molecule has 1 atom stereocenters. The summed E-state index contributed by atoms with van der Waals surface area (Å²) >= 11 is 0. The van der Waals surface area contributed by atoms with Gasteiger partial charge >= 0.3 is 0 Å². The van der Waals surface area contributed by atoms with Crippen LogP contribution < -0.4 is 0 Å². The lowest BCUT2D eigenvalue weighted by Gasteiger charge is -2.37. The van der Waals surface area contributed by atoms with Crippen molar-refractivity contribution in [3.05, 3.63) is 0 Å². The molecule has 0 aliphatic carbocycles. The van der Waals surface area contributed by atoms with Crippen molar-refractivity contribution in [1.29, 1.82) is 0 Å². The predicted octanol–water partition coefficient (Wildman–Crippen LogP) is 0.812. The second-order valence-corrected chi connectivity index (χ2v) is 2.48. The molecule has 0 spiro atoms. The second kappa shape index (κ2) is 2.03. The van der Waals surface area contributed by atoms with Crippen molar-refractivity contribution in [3.63, 3.8) is 0 Å². The predicted molar refractivity (Wildman–Crippen MR) is 30.8 cm³/mol. The summed E-state index contributed by atoms with van der Waals surface area (Å²) < 4.78 is 10.2. The van der Waals surface area contributed by atoms with Gasteiger partial charge in [-0.15, -0.1) is 0 Å². The molecule has 8 heavy (non-hydrogen) atoms. The highest BCUT2D eigenvalue weighted by Gasteiger charge is 2.32. The highest BCUT2D eigenvalue weighted by molar-refractivity contribution is 4.81. The van der Waals surface area contributed by atoms with Crippen LogP contribution in [0.15, 0.2) is 0 Å². The minimum atomic E-state index is 0.0503. The summed E-state index contributed by atoms with van der Waals surface area (Å²) in [4.78, 5) is 0. The SMILES string of the molecule is COCC1(C)CCO1. The molecule has 0 aromatic heterocycles. The quantitative estimate of drug-likeness (QED) is 0.531. The molecule has 1 unspecified atom stereocenters. The summed E-state index contributed by atoms with van der Waals surface area (Å²) in [5.41, 5.74) is 0.0503. The summed E-state index contributed by atoms with van der Waals surface area (Å²) in [6, 6.07) is 0. The number of hydrogen-bond acceptors (Lipinski definition) is 2. The molecule has 1 saturated heterocycles. The van der Waals surface area contributed by atoms with E-state index in [-0.39, 0.29) is 5.60 Å². The van der Waals surface area contributed by atoms with Crippen molar-refractivity contribution in [2.45, 2.75) is 18.9 Å². The van der Waals surface area contributed by atoms with Gasteiger partial charge in [-0.1, -0.05) is 0 Å². The van der Waals surface area contributed by atoms with E-state index in [1.165, 1.54) is 0 Å². The van der Waals surface area contributed by atoms with Gasteiger partial charge in [-0.05, 0) is 6.92 Å². The third-order valence-corrected chi connectivity index (χ3v) is 1.53. The van der Waals surface area contributed by atoms with Crippen molar-refractivity contribution < 1.29 is 9.47 Å². The Morgan fingerprint density at radius 3 is 2.50 bits per heavy atom. The lowest BCUT2D eigenvalue weighted by Crippen LogP contribution is -2.44. The van der Waals surface area contributed by atoms with Crippen LogP contribution in [0.4, 0.5) is 0 Å². The summed E-state index contributed by atoms with van der Waals surface area (Å²) in [6.45, 7) is 3.70. The largest absolute Gasteiger partial charge is 0.382 e. The van der Waals surface area contributed by atoms with Gasteiger partial charge in [-0.2, -0.15) is 0 Å². The van der Waals surface area contributed by atoms with Gasteiger partial charge < -0.3 is 9.47 Å². The van der Waals surface area contributed by atoms with Gasteiger partial charge in [0.25, 0.3) is 0 Å². The van der Waals surface area contributed by atoms with Gasteiger partial charge in [-0.3, -0.25) is 0 Å². The molecule has 0 bridgehead atoms. The van der Waals surface area contributed by atoms with Gasteiger partial charge in [0.05, 0.1) is 18.8 Å². The van der Waals surface area contributed by atoms with Gasteiger partial charge in [0, 0.05) is 13.5 Å². The number of rotatable bonds is 2. The highest BCUT2D eigenvalue weighted by Crippen LogP contribution is 2.24. The fourth-order valence-corrected chi connectivity index (χ4v) is 0.870. The molecular weight excluding hydrogens is 104 g/mol. The average molecular weight is 116 g/mol. The minimum absolute atomic E-state index is 0.0503. The van der Waals surface area contributed by atoms with Crippen molar-refractivity contribution >= 4 is 0 Å². The molecule has 0 N–H and O–H groups in total. The Morgan fingerprint density at radius 1 is 1.75 bits per heavy atom. The summed E-state index contributed by atoms with van der Waals surface area (Å²) in [7, 11) is 1.70. The maximum absolute atomic E-state index is 5.23. The molecule has 1 aliphatic heterocycles. The van der Waals surface area contributed by atoms with E-state index in [0.29, 0.717) is 0 Å². The van der Waals surface area contributed by atoms with Crippen LogP contribution in [0.25, 0.3) is 0 Å². The van der Waals surface area contributed by atoms with Crippen LogP contribution in [0.1, 0.15) is 13.3 Å². The first-order valence-corrected chi connectivity index (χ1v) is 2.90. The first-order chi connectivity index (χ1) is 3.77. The zero-order valence-electron chi connectivity index (χ0n) is 5.44. The molecule has 0 radical (unpaired) electrons.